The zero-order valence-electron chi connectivity index (χ0n) is 13.1. The van der Waals surface area contributed by atoms with Gasteiger partial charge in [0.1, 0.15) is 0 Å². The second kappa shape index (κ2) is 7.42. The molecule has 0 spiro atoms. The SMILES string of the molecule is O=C(COC(=O)Cc1ccc2ccccc2c1)Nc1ccccc1. The number of rotatable bonds is 5. The maximum absolute atomic E-state index is 11.9. The zero-order chi connectivity index (χ0) is 16.8. The van der Waals surface area contributed by atoms with Gasteiger partial charge in [0.15, 0.2) is 6.61 Å². The number of amides is 1. The first-order chi connectivity index (χ1) is 11.7. The molecule has 120 valence electrons. The van der Waals surface area contributed by atoms with Crippen LogP contribution in [0.5, 0.6) is 0 Å². The third kappa shape index (κ3) is 4.20. The summed E-state index contributed by atoms with van der Waals surface area (Å²) in [5, 5.41) is 4.86. The quantitative estimate of drug-likeness (QED) is 0.732. The molecule has 3 aromatic rings. The molecule has 0 bridgehead atoms. The Bertz CT molecular complexity index is 859. The molecule has 4 nitrogen and oxygen atoms in total. The monoisotopic (exact) mass is 319 g/mol. The maximum atomic E-state index is 11.9. The molecule has 4 heteroatoms. The van der Waals surface area contributed by atoms with Gasteiger partial charge in [-0.15, -0.1) is 0 Å². The van der Waals surface area contributed by atoms with E-state index in [1.54, 1.807) is 12.1 Å². The fourth-order valence-corrected chi connectivity index (χ4v) is 2.43. The molecule has 0 atom stereocenters. The smallest absolute Gasteiger partial charge is 0.310 e. The minimum absolute atomic E-state index is 0.142. The molecule has 1 amide bonds. The van der Waals surface area contributed by atoms with E-state index in [1.165, 1.54) is 0 Å². The molecule has 0 fully saturated rings. The van der Waals surface area contributed by atoms with Crippen LogP contribution in [0.15, 0.2) is 72.8 Å². The summed E-state index contributed by atoms with van der Waals surface area (Å²) in [7, 11) is 0. The van der Waals surface area contributed by atoms with Crippen molar-refractivity contribution in [3.8, 4) is 0 Å². The standard InChI is InChI=1S/C20H17NO3/c22-19(21-18-8-2-1-3-9-18)14-24-20(23)13-15-10-11-16-6-4-5-7-17(16)12-15/h1-12H,13-14H2,(H,21,22). The van der Waals surface area contributed by atoms with Crippen LogP contribution in [0.2, 0.25) is 0 Å². The Morgan fingerprint density at radius 2 is 1.54 bits per heavy atom. The van der Waals surface area contributed by atoms with Crippen LogP contribution in [0.4, 0.5) is 5.69 Å². The third-order valence-corrected chi connectivity index (χ3v) is 3.58. The molecule has 0 aliphatic heterocycles. The average Bonchev–Trinajstić information content (AvgIpc) is 2.61. The van der Waals surface area contributed by atoms with Gasteiger partial charge in [0.2, 0.25) is 0 Å². The first-order valence-electron chi connectivity index (χ1n) is 7.69. The van der Waals surface area contributed by atoms with Crippen LogP contribution < -0.4 is 5.32 Å². The summed E-state index contributed by atoms with van der Waals surface area (Å²) in [6, 6.07) is 22.8. The summed E-state index contributed by atoms with van der Waals surface area (Å²) in [4.78, 5) is 23.7. The van der Waals surface area contributed by atoms with E-state index in [2.05, 4.69) is 5.32 Å². The summed E-state index contributed by atoms with van der Waals surface area (Å²) in [6.07, 6.45) is 0.142. The minimum atomic E-state index is -0.423. The van der Waals surface area contributed by atoms with Gasteiger partial charge in [-0.05, 0) is 28.5 Å². The van der Waals surface area contributed by atoms with Crippen molar-refractivity contribution < 1.29 is 14.3 Å². The molecule has 0 unspecified atom stereocenters. The summed E-state index contributed by atoms with van der Waals surface area (Å²) in [5.41, 5.74) is 1.54. The number of benzene rings is 3. The highest BCUT2D eigenvalue weighted by molar-refractivity contribution is 5.93. The molecule has 0 saturated heterocycles. The van der Waals surface area contributed by atoms with Crippen molar-refractivity contribution in [3.05, 3.63) is 78.4 Å². The topological polar surface area (TPSA) is 55.4 Å². The average molecular weight is 319 g/mol. The number of fused-ring (bicyclic) bond motifs is 1. The van der Waals surface area contributed by atoms with Crippen molar-refractivity contribution in [2.45, 2.75) is 6.42 Å². The predicted molar refractivity (Wildman–Crippen MR) is 93.7 cm³/mol. The Hall–Kier alpha value is -3.14. The Morgan fingerprint density at radius 3 is 2.33 bits per heavy atom. The van der Waals surface area contributed by atoms with Crippen LogP contribution in [-0.2, 0) is 20.7 Å². The fraction of sp³-hybridized carbons (Fsp3) is 0.100. The van der Waals surface area contributed by atoms with Crippen LogP contribution in [-0.4, -0.2) is 18.5 Å². The van der Waals surface area contributed by atoms with E-state index in [0.29, 0.717) is 5.69 Å². The molecular weight excluding hydrogens is 302 g/mol. The highest BCUT2D eigenvalue weighted by Gasteiger charge is 2.09. The normalized spacial score (nSPS) is 10.3. The first kappa shape index (κ1) is 15.7. The van der Waals surface area contributed by atoms with Gasteiger partial charge in [0.05, 0.1) is 6.42 Å². The molecule has 0 heterocycles. The van der Waals surface area contributed by atoms with Crippen LogP contribution in [0, 0.1) is 0 Å². The van der Waals surface area contributed by atoms with Gasteiger partial charge in [0, 0.05) is 5.69 Å². The summed E-state index contributed by atoms with van der Waals surface area (Å²) in [6.45, 7) is -0.290. The van der Waals surface area contributed by atoms with Gasteiger partial charge in [-0.25, -0.2) is 0 Å². The molecule has 24 heavy (non-hydrogen) atoms. The number of nitrogens with one attached hydrogen (secondary N) is 1. The van der Waals surface area contributed by atoms with Gasteiger partial charge in [-0.3, -0.25) is 9.59 Å². The highest BCUT2D eigenvalue weighted by Crippen LogP contribution is 2.16. The van der Waals surface area contributed by atoms with Crippen LogP contribution in [0.1, 0.15) is 5.56 Å². The molecule has 0 aliphatic rings. The largest absolute Gasteiger partial charge is 0.455 e. The van der Waals surface area contributed by atoms with Crippen molar-refractivity contribution in [1.29, 1.82) is 0 Å². The number of carbonyl (C=O) groups excluding carboxylic acids is 2. The number of carbonyl (C=O) groups is 2. The molecule has 0 radical (unpaired) electrons. The molecule has 1 N–H and O–H groups in total. The molecule has 3 aromatic carbocycles. The summed E-state index contributed by atoms with van der Waals surface area (Å²) < 4.78 is 5.04. The lowest BCUT2D eigenvalue weighted by atomic mass is 10.1. The Balaban J connectivity index is 1.52. The first-order valence-corrected chi connectivity index (χ1v) is 7.69. The van der Waals surface area contributed by atoms with E-state index < -0.39 is 5.97 Å². The van der Waals surface area contributed by atoms with Crippen molar-refractivity contribution in [1.82, 2.24) is 0 Å². The molecule has 3 rings (SSSR count). The maximum Gasteiger partial charge on any atom is 0.310 e. The van der Waals surface area contributed by atoms with E-state index in [1.807, 2.05) is 60.7 Å². The Labute approximate surface area is 140 Å². The zero-order valence-corrected chi connectivity index (χ0v) is 13.1. The van der Waals surface area contributed by atoms with Gasteiger partial charge in [0.25, 0.3) is 5.91 Å². The van der Waals surface area contributed by atoms with Gasteiger partial charge in [-0.1, -0.05) is 60.7 Å². The lowest BCUT2D eigenvalue weighted by Crippen LogP contribution is -2.21. The van der Waals surface area contributed by atoms with E-state index in [9.17, 15) is 9.59 Å². The van der Waals surface area contributed by atoms with E-state index >= 15 is 0 Å². The van der Waals surface area contributed by atoms with Crippen LogP contribution in [0.25, 0.3) is 10.8 Å². The van der Waals surface area contributed by atoms with Crippen LogP contribution >= 0.6 is 0 Å². The van der Waals surface area contributed by atoms with Gasteiger partial charge >= 0.3 is 5.97 Å². The lowest BCUT2D eigenvalue weighted by Gasteiger charge is -2.07. The number of hydrogen-bond donors (Lipinski definition) is 1. The molecule has 0 aliphatic carbocycles. The van der Waals surface area contributed by atoms with Crippen molar-refractivity contribution in [2.75, 3.05) is 11.9 Å². The molecule has 0 aromatic heterocycles. The van der Waals surface area contributed by atoms with E-state index in [4.69, 9.17) is 4.74 Å². The second-order valence-corrected chi connectivity index (χ2v) is 5.43. The Kier molecular flexibility index (Phi) is 4.87. The second-order valence-electron chi connectivity index (χ2n) is 5.43. The van der Waals surface area contributed by atoms with Crippen molar-refractivity contribution >= 4 is 28.3 Å². The number of ether oxygens (including phenoxy) is 1. The minimum Gasteiger partial charge on any atom is -0.455 e. The Morgan fingerprint density at radius 1 is 0.833 bits per heavy atom. The highest BCUT2D eigenvalue weighted by atomic mass is 16.5. The number of anilines is 1. The van der Waals surface area contributed by atoms with Crippen LogP contribution in [0.3, 0.4) is 0 Å². The van der Waals surface area contributed by atoms with Crippen molar-refractivity contribution in [2.24, 2.45) is 0 Å². The van der Waals surface area contributed by atoms with Gasteiger partial charge < -0.3 is 10.1 Å². The summed E-state index contributed by atoms with van der Waals surface area (Å²) >= 11 is 0. The third-order valence-electron chi connectivity index (χ3n) is 3.58. The van der Waals surface area contributed by atoms with Crippen molar-refractivity contribution in [3.63, 3.8) is 0 Å². The number of para-hydroxylation sites is 1. The number of esters is 1. The van der Waals surface area contributed by atoms with E-state index in [-0.39, 0.29) is 18.9 Å². The number of hydrogen-bond acceptors (Lipinski definition) is 3. The molecule has 0 saturated carbocycles. The fourth-order valence-electron chi connectivity index (χ4n) is 2.43. The van der Waals surface area contributed by atoms with E-state index in [0.717, 1.165) is 16.3 Å². The summed E-state index contributed by atoms with van der Waals surface area (Å²) in [5.74, 6) is -0.776. The predicted octanol–water partition coefficient (Wildman–Crippen LogP) is 3.56. The lowest BCUT2D eigenvalue weighted by molar-refractivity contribution is -0.146. The van der Waals surface area contributed by atoms with Gasteiger partial charge in [-0.2, -0.15) is 0 Å². The molecular formula is C20H17NO3.